The van der Waals surface area contributed by atoms with Crippen LogP contribution in [0.25, 0.3) is 0 Å². The molecule has 0 aromatic heterocycles. The Morgan fingerprint density at radius 3 is 2.45 bits per heavy atom. The first kappa shape index (κ1) is 15.2. The van der Waals surface area contributed by atoms with Gasteiger partial charge in [-0.25, -0.2) is 0 Å². The second kappa shape index (κ2) is 6.98. The molecule has 0 spiro atoms. The zero-order valence-electron chi connectivity index (χ0n) is 11.7. The second-order valence-corrected chi connectivity index (χ2v) is 5.81. The Kier molecular flexibility index (Phi) is 5.30. The Morgan fingerprint density at radius 2 is 1.75 bits per heavy atom. The maximum atomic E-state index is 6.03. The molecular formula is C16H18Cl2N2. The fraction of sp³-hybridized carbons (Fsp3) is 0.250. The molecule has 20 heavy (non-hydrogen) atoms. The summed E-state index contributed by atoms with van der Waals surface area (Å²) in [6.07, 6.45) is 0. The summed E-state index contributed by atoms with van der Waals surface area (Å²) < 4.78 is 0. The van der Waals surface area contributed by atoms with Crippen molar-refractivity contribution < 1.29 is 0 Å². The van der Waals surface area contributed by atoms with Gasteiger partial charge in [0.2, 0.25) is 0 Å². The van der Waals surface area contributed by atoms with Crippen molar-refractivity contribution in [2.75, 3.05) is 19.4 Å². The molecule has 0 bridgehead atoms. The Morgan fingerprint density at radius 1 is 1.00 bits per heavy atom. The largest absolute Gasteiger partial charge is 0.381 e. The summed E-state index contributed by atoms with van der Waals surface area (Å²) in [7, 11) is 4.13. The molecule has 2 nitrogen and oxygen atoms in total. The van der Waals surface area contributed by atoms with Gasteiger partial charge in [-0.2, -0.15) is 0 Å². The monoisotopic (exact) mass is 308 g/mol. The van der Waals surface area contributed by atoms with Crippen LogP contribution in [0.1, 0.15) is 11.1 Å². The molecule has 0 amide bonds. The lowest BCUT2D eigenvalue weighted by atomic mass is 10.1. The van der Waals surface area contributed by atoms with Crippen LogP contribution in [0.15, 0.2) is 42.5 Å². The van der Waals surface area contributed by atoms with Gasteiger partial charge in [-0.05, 0) is 43.4 Å². The highest BCUT2D eigenvalue weighted by Gasteiger charge is 2.04. The first-order valence-electron chi connectivity index (χ1n) is 6.46. The maximum Gasteiger partial charge on any atom is 0.0595 e. The quantitative estimate of drug-likeness (QED) is 0.863. The molecule has 0 aliphatic heterocycles. The standard InChI is InChI=1S/C16H18Cl2N2/c1-20(2)11-13-5-3-4-6-16(13)19-10-12-7-8-14(17)15(18)9-12/h3-9,19H,10-11H2,1-2H3. The van der Waals surface area contributed by atoms with Crippen molar-refractivity contribution in [3.8, 4) is 0 Å². The van der Waals surface area contributed by atoms with Gasteiger partial charge in [0.1, 0.15) is 0 Å². The minimum absolute atomic E-state index is 0.587. The number of benzene rings is 2. The first-order valence-corrected chi connectivity index (χ1v) is 7.22. The van der Waals surface area contributed by atoms with Gasteiger partial charge in [-0.3, -0.25) is 0 Å². The topological polar surface area (TPSA) is 15.3 Å². The van der Waals surface area contributed by atoms with Gasteiger partial charge < -0.3 is 10.2 Å². The SMILES string of the molecule is CN(C)Cc1ccccc1NCc1ccc(Cl)c(Cl)c1. The maximum absolute atomic E-state index is 6.03. The molecule has 1 N–H and O–H groups in total. The van der Waals surface area contributed by atoms with E-state index < -0.39 is 0 Å². The number of para-hydroxylation sites is 1. The number of halogens is 2. The predicted octanol–water partition coefficient (Wildman–Crippen LogP) is 4.67. The van der Waals surface area contributed by atoms with E-state index in [1.807, 2.05) is 24.3 Å². The minimum atomic E-state index is 0.587. The van der Waals surface area contributed by atoms with Crippen molar-refractivity contribution in [2.45, 2.75) is 13.1 Å². The fourth-order valence-corrected chi connectivity index (χ4v) is 2.34. The predicted molar refractivity (Wildman–Crippen MR) is 87.6 cm³/mol. The van der Waals surface area contributed by atoms with Crippen LogP contribution in [0, 0.1) is 0 Å². The molecule has 2 aromatic rings. The Labute approximate surface area is 130 Å². The van der Waals surface area contributed by atoms with Crippen molar-refractivity contribution in [2.24, 2.45) is 0 Å². The lowest BCUT2D eigenvalue weighted by molar-refractivity contribution is 0.403. The van der Waals surface area contributed by atoms with E-state index in [9.17, 15) is 0 Å². The van der Waals surface area contributed by atoms with Gasteiger partial charge in [0.15, 0.2) is 0 Å². The number of anilines is 1. The zero-order valence-corrected chi connectivity index (χ0v) is 13.2. The van der Waals surface area contributed by atoms with Crippen LogP contribution in [0.4, 0.5) is 5.69 Å². The summed E-state index contributed by atoms with van der Waals surface area (Å²) in [6.45, 7) is 1.63. The van der Waals surface area contributed by atoms with Gasteiger partial charge in [-0.15, -0.1) is 0 Å². The summed E-state index contributed by atoms with van der Waals surface area (Å²) >= 11 is 12.0. The van der Waals surface area contributed by atoms with E-state index in [4.69, 9.17) is 23.2 Å². The molecule has 106 valence electrons. The normalized spacial score (nSPS) is 10.8. The average Bonchev–Trinajstić information content (AvgIpc) is 2.41. The number of nitrogens with one attached hydrogen (secondary N) is 1. The highest BCUT2D eigenvalue weighted by atomic mass is 35.5. The highest BCUT2D eigenvalue weighted by Crippen LogP contribution is 2.23. The van der Waals surface area contributed by atoms with Gasteiger partial charge in [0, 0.05) is 18.8 Å². The molecule has 0 radical (unpaired) electrons. The van der Waals surface area contributed by atoms with Gasteiger partial charge in [0.25, 0.3) is 0 Å². The van der Waals surface area contributed by atoms with Crippen molar-refractivity contribution in [3.63, 3.8) is 0 Å². The lowest BCUT2D eigenvalue weighted by Gasteiger charge is -2.15. The zero-order chi connectivity index (χ0) is 14.5. The molecular weight excluding hydrogens is 291 g/mol. The van der Waals surface area contributed by atoms with Crippen molar-refractivity contribution >= 4 is 28.9 Å². The van der Waals surface area contributed by atoms with Crippen molar-refractivity contribution in [3.05, 3.63) is 63.6 Å². The number of nitrogens with zero attached hydrogens (tertiary/aromatic N) is 1. The third-order valence-corrected chi connectivity index (χ3v) is 3.71. The van der Waals surface area contributed by atoms with E-state index >= 15 is 0 Å². The van der Waals surface area contributed by atoms with Crippen molar-refractivity contribution in [1.82, 2.24) is 4.90 Å². The lowest BCUT2D eigenvalue weighted by Crippen LogP contribution is -2.12. The molecule has 0 saturated carbocycles. The number of hydrogen-bond acceptors (Lipinski definition) is 2. The van der Waals surface area contributed by atoms with Crippen LogP contribution in [0.2, 0.25) is 10.0 Å². The van der Waals surface area contributed by atoms with Crippen LogP contribution < -0.4 is 5.32 Å². The number of rotatable bonds is 5. The average molecular weight is 309 g/mol. The van der Waals surface area contributed by atoms with Crippen LogP contribution in [-0.4, -0.2) is 19.0 Å². The molecule has 0 aliphatic rings. The summed E-state index contributed by atoms with van der Waals surface area (Å²) in [5.41, 5.74) is 3.53. The number of hydrogen-bond donors (Lipinski definition) is 1. The minimum Gasteiger partial charge on any atom is -0.381 e. The van der Waals surface area contributed by atoms with E-state index in [0.717, 1.165) is 24.3 Å². The third kappa shape index (κ3) is 4.14. The van der Waals surface area contributed by atoms with Crippen LogP contribution >= 0.6 is 23.2 Å². The summed E-state index contributed by atoms with van der Waals surface area (Å²) in [5, 5.41) is 4.63. The molecule has 2 rings (SSSR count). The van der Waals surface area contributed by atoms with E-state index in [1.165, 1.54) is 5.56 Å². The molecule has 0 unspecified atom stereocenters. The van der Waals surface area contributed by atoms with Gasteiger partial charge in [0.05, 0.1) is 10.0 Å². The Hall–Kier alpha value is -1.22. The Bertz CT molecular complexity index is 582. The molecule has 2 aromatic carbocycles. The summed E-state index contributed by atoms with van der Waals surface area (Å²) in [5.74, 6) is 0. The van der Waals surface area contributed by atoms with E-state index in [1.54, 1.807) is 0 Å². The molecule has 0 aliphatic carbocycles. The van der Waals surface area contributed by atoms with Gasteiger partial charge in [-0.1, -0.05) is 47.5 Å². The molecule has 0 fully saturated rings. The van der Waals surface area contributed by atoms with E-state index in [0.29, 0.717) is 10.0 Å². The van der Waals surface area contributed by atoms with Crippen LogP contribution in [0.3, 0.4) is 0 Å². The first-order chi connectivity index (χ1) is 9.56. The smallest absolute Gasteiger partial charge is 0.0595 e. The van der Waals surface area contributed by atoms with Crippen molar-refractivity contribution in [1.29, 1.82) is 0 Å². The van der Waals surface area contributed by atoms with Crippen LogP contribution in [0.5, 0.6) is 0 Å². The summed E-state index contributed by atoms with van der Waals surface area (Å²) in [6, 6.07) is 14.0. The summed E-state index contributed by atoms with van der Waals surface area (Å²) in [4.78, 5) is 2.15. The highest BCUT2D eigenvalue weighted by molar-refractivity contribution is 6.42. The van der Waals surface area contributed by atoms with E-state index in [-0.39, 0.29) is 0 Å². The molecule has 0 saturated heterocycles. The molecule has 0 atom stereocenters. The second-order valence-electron chi connectivity index (χ2n) is 5.00. The fourth-order valence-electron chi connectivity index (χ4n) is 2.02. The molecule has 0 heterocycles. The molecule has 4 heteroatoms. The van der Waals surface area contributed by atoms with Crippen LogP contribution in [-0.2, 0) is 13.1 Å². The Balaban J connectivity index is 2.08. The third-order valence-electron chi connectivity index (χ3n) is 2.97. The van der Waals surface area contributed by atoms with E-state index in [2.05, 4.69) is 42.5 Å². The van der Waals surface area contributed by atoms with Gasteiger partial charge >= 0.3 is 0 Å².